The SMILES string of the molecule is c1ccc(-n2c3cc(C4Nc5ccccc5N4)ccc3c3ccc4sc5ccccc5c4c32)cc1. The van der Waals surface area contributed by atoms with Crippen molar-refractivity contribution in [2.75, 3.05) is 10.6 Å². The lowest BCUT2D eigenvalue weighted by molar-refractivity contribution is 0.942. The highest BCUT2D eigenvalue weighted by atomic mass is 32.1. The van der Waals surface area contributed by atoms with Crippen molar-refractivity contribution in [2.24, 2.45) is 0 Å². The average molecular weight is 468 g/mol. The maximum Gasteiger partial charge on any atom is 0.123 e. The van der Waals surface area contributed by atoms with Gasteiger partial charge >= 0.3 is 0 Å². The fourth-order valence-corrected chi connectivity index (χ4v) is 6.71. The normalized spacial score (nSPS) is 13.5. The van der Waals surface area contributed by atoms with Crippen LogP contribution < -0.4 is 10.6 Å². The van der Waals surface area contributed by atoms with Crippen LogP contribution in [0, 0.1) is 0 Å². The molecule has 1 aliphatic heterocycles. The Labute approximate surface area is 206 Å². The van der Waals surface area contributed by atoms with E-state index >= 15 is 0 Å². The molecule has 8 rings (SSSR count). The molecular formula is C31H21N3S. The number of hydrogen-bond acceptors (Lipinski definition) is 3. The number of thiophene rings is 1. The largest absolute Gasteiger partial charge is 0.360 e. The second kappa shape index (κ2) is 7.11. The molecule has 0 amide bonds. The Morgan fingerprint density at radius 1 is 0.600 bits per heavy atom. The van der Waals surface area contributed by atoms with Gasteiger partial charge in [0.2, 0.25) is 0 Å². The third-order valence-corrected chi connectivity index (χ3v) is 8.30. The lowest BCUT2D eigenvalue weighted by Gasteiger charge is -2.14. The average Bonchev–Trinajstić information content (AvgIpc) is 3.60. The Hall–Kier alpha value is -4.28. The van der Waals surface area contributed by atoms with Crippen molar-refractivity contribution in [1.82, 2.24) is 4.57 Å². The molecule has 4 heteroatoms. The molecule has 0 saturated heterocycles. The molecule has 3 heterocycles. The zero-order valence-electron chi connectivity index (χ0n) is 18.8. The molecule has 7 aromatic rings. The highest BCUT2D eigenvalue weighted by molar-refractivity contribution is 7.26. The smallest absolute Gasteiger partial charge is 0.123 e. The molecule has 2 N–H and O–H groups in total. The molecule has 166 valence electrons. The van der Waals surface area contributed by atoms with Crippen LogP contribution >= 0.6 is 11.3 Å². The number of anilines is 2. The Morgan fingerprint density at radius 2 is 1.31 bits per heavy atom. The van der Waals surface area contributed by atoms with Gasteiger partial charge in [-0.3, -0.25) is 0 Å². The number of rotatable bonds is 2. The molecule has 0 bridgehead atoms. The van der Waals surface area contributed by atoms with Crippen LogP contribution in [0.2, 0.25) is 0 Å². The first kappa shape index (κ1) is 19.1. The van der Waals surface area contributed by atoms with Gasteiger partial charge in [-0.1, -0.05) is 66.7 Å². The van der Waals surface area contributed by atoms with E-state index in [1.807, 2.05) is 11.3 Å². The van der Waals surface area contributed by atoms with Crippen molar-refractivity contribution in [3.8, 4) is 5.69 Å². The monoisotopic (exact) mass is 467 g/mol. The Balaban J connectivity index is 1.46. The minimum Gasteiger partial charge on any atom is -0.360 e. The van der Waals surface area contributed by atoms with E-state index in [4.69, 9.17) is 0 Å². The zero-order valence-corrected chi connectivity index (χ0v) is 19.6. The molecule has 0 spiro atoms. The van der Waals surface area contributed by atoms with Gasteiger partial charge in [0.15, 0.2) is 0 Å². The quantitative estimate of drug-likeness (QED) is 0.266. The highest BCUT2D eigenvalue weighted by Crippen LogP contribution is 2.44. The molecule has 0 fully saturated rings. The fourth-order valence-electron chi connectivity index (χ4n) is 5.60. The molecule has 1 aliphatic rings. The van der Waals surface area contributed by atoms with Crippen LogP contribution in [-0.4, -0.2) is 4.57 Å². The lowest BCUT2D eigenvalue weighted by atomic mass is 10.1. The summed E-state index contributed by atoms with van der Waals surface area (Å²) in [5.41, 5.74) is 7.21. The number of hydrogen-bond donors (Lipinski definition) is 2. The number of benzene rings is 5. The number of nitrogens with one attached hydrogen (secondary N) is 2. The highest BCUT2D eigenvalue weighted by Gasteiger charge is 2.23. The first-order valence-corrected chi connectivity index (χ1v) is 12.7. The van der Waals surface area contributed by atoms with Gasteiger partial charge in [0.25, 0.3) is 0 Å². The van der Waals surface area contributed by atoms with Gasteiger partial charge in [-0.2, -0.15) is 0 Å². The summed E-state index contributed by atoms with van der Waals surface area (Å²) in [7, 11) is 0. The van der Waals surface area contributed by atoms with Crippen LogP contribution in [0.3, 0.4) is 0 Å². The van der Waals surface area contributed by atoms with Gasteiger partial charge in [0.1, 0.15) is 6.17 Å². The van der Waals surface area contributed by atoms with E-state index in [1.165, 1.54) is 53.2 Å². The molecule has 0 atom stereocenters. The minimum atomic E-state index is 0.0426. The van der Waals surface area contributed by atoms with E-state index < -0.39 is 0 Å². The summed E-state index contributed by atoms with van der Waals surface area (Å²) < 4.78 is 5.11. The second-order valence-corrected chi connectivity index (χ2v) is 10.2. The Morgan fingerprint density at radius 3 is 2.14 bits per heavy atom. The van der Waals surface area contributed by atoms with E-state index in [-0.39, 0.29) is 6.17 Å². The molecule has 2 aromatic heterocycles. The van der Waals surface area contributed by atoms with Crippen molar-refractivity contribution in [1.29, 1.82) is 0 Å². The number of fused-ring (bicyclic) bond motifs is 8. The molecule has 5 aromatic carbocycles. The fraction of sp³-hybridized carbons (Fsp3) is 0.0323. The Kier molecular flexibility index (Phi) is 3.87. The summed E-state index contributed by atoms with van der Waals surface area (Å²) in [4.78, 5) is 0. The van der Waals surface area contributed by atoms with Crippen molar-refractivity contribution in [2.45, 2.75) is 6.17 Å². The van der Waals surface area contributed by atoms with Gasteiger partial charge in [-0.15, -0.1) is 11.3 Å². The molecule has 3 nitrogen and oxygen atoms in total. The first-order chi connectivity index (χ1) is 17.3. The van der Waals surface area contributed by atoms with Crippen molar-refractivity contribution in [3.63, 3.8) is 0 Å². The van der Waals surface area contributed by atoms with E-state index in [0.717, 1.165) is 11.4 Å². The standard InChI is InChI=1S/C31H21N3S/c1-2-8-20(9-3-1)34-26-18-19(31-32-24-11-5-6-12-25(24)33-31)14-15-21(26)22-16-17-28-29(30(22)34)23-10-4-7-13-27(23)35-28/h1-18,31-33H. The first-order valence-electron chi connectivity index (χ1n) is 11.9. The summed E-state index contributed by atoms with van der Waals surface area (Å²) in [6.07, 6.45) is 0.0426. The van der Waals surface area contributed by atoms with Gasteiger partial charge in [-0.05, 0) is 48.0 Å². The Bertz CT molecular complexity index is 1890. The third kappa shape index (κ3) is 2.71. The molecule has 0 aliphatic carbocycles. The molecule has 0 unspecified atom stereocenters. The van der Waals surface area contributed by atoms with Crippen molar-refractivity contribution >= 4 is 64.7 Å². The summed E-state index contributed by atoms with van der Waals surface area (Å²) in [6, 6.07) is 39.4. The molecule has 35 heavy (non-hydrogen) atoms. The van der Waals surface area contributed by atoms with E-state index in [9.17, 15) is 0 Å². The van der Waals surface area contributed by atoms with Crippen molar-refractivity contribution < 1.29 is 0 Å². The summed E-state index contributed by atoms with van der Waals surface area (Å²) in [6.45, 7) is 0. The van der Waals surface area contributed by atoms with Crippen LogP contribution in [-0.2, 0) is 0 Å². The maximum atomic E-state index is 3.64. The van der Waals surface area contributed by atoms with Crippen LogP contribution in [0.1, 0.15) is 11.7 Å². The van der Waals surface area contributed by atoms with Crippen LogP contribution in [0.25, 0.3) is 47.7 Å². The van der Waals surface area contributed by atoms with E-state index in [1.54, 1.807) is 0 Å². The molecule has 0 radical (unpaired) electrons. The number of para-hydroxylation sites is 3. The predicted molar refractivity (Wildman–Crippen MR) is 150 cm³/mol. The van der Waals surface area contributed by atoms with Crippen LogP contribution in [0.5, 0.6) is 0 Å². The van der Waals surface area contributed by atoms with Crippen LogP contribution in [0.15, 0.2) is 109 Å². The van der Waals surface area contributed by atoms with Crippen molar-refractivity contribution in [3.05, 3.63) is 115 Å². The minimum absolute atomic E-state index is 0.0426. The predicted octanol–water partition coefficient (Wildman–Crippen LogP) is 8.69. The van der Waals surface area contributed by atoms with E-state index in [2.05, 4.69) is 124 Å². The van der Waals surface area contributed by atoms with E-state index in [0.29, 0.717) is 0 Å². The zero-order chi connectivity index (χ0) is 22.9. The maximum absolute atomic E-state index is 3.64. The van der Waals surface area contributed by atoms with Gasteiger partial charge < -0.3 is 15.2 Å². The molecule has 0 saturated carbocycles. The van der Waals surface area contributed by atoms with Gasteiger partial charge in [0.05, 0.1) is 22.4 Å². The number of nitrogens with zero attached hydrogens (tertiary/aromatic N) is 1. The summed E-state index contributed by atoms with van der Waals surface area (Å²) >= 11 is 1.87. The topological polar surface area (TPSA) is 29.0 Å². The lowest BCUT2D eigenvalue weighted by Crippen LogP contribution is -2.12. The third-order valence-electron chi connectivity index (χ3n) is 7.17. The second-order valence-electron chi connectivity index (χ2n) is 9.15. The van der Waals surface area contributed by atoms with Crippen LogP contribution in [0.4, 0.5) is 11.4 Å². The molecular weight excluding hydrogens is 446 g/mol. The summed E-state index contributed by atoms with van der Waals surface area (Å²) in [5, 5.41) is 12.5. The number of aromatic nitrogens is 1. The summed E-state index contributed by atoms with van der Waals surface area (Å²) in [5.74, 6) is 0. The van der Waals surface area contributed by atoms with Gasteiger partial charge in [0, 0.05) is 36.6 Å². The van der Waals surface area contributed by atoms with Gasteiger partial charge in [-0.25, -0.2) is 0 Å².